The zero-order valence-electron chi connectivity index (χ0n) is 13.2. The molecule has 1 aliphatic carbocycles. The summed E-state index contributed by atoms with van der Waals surface area (Å²) >= 11 is 0. The third-order valence-electron chi connectivity index (χ3n) is 5.58. The van der Waals surface area contributed by atoms with Crippen molar-refractivity contribution in [1.29, 1.82) is 0 Å². The van der Waals surface area contributed by atoms with Crippen LogP contribution >= 0.6 is 0 Å². The maximum absolute atomic E-state index is 14.1. The van der Waals surface area contributed by atoms with Crippen LogP contribution in [-0.4, -0.2) is 11.7 Å². The summed E-state index contributed by atoms with van der Waals surface area (Å²) in [5.74, 6) is 0.386. The molecule has 21 heavy (non-hydrogen) atoms. The van der Waals surface area contributed by atoms with Crippen molar-refractivity contribution in [2.45, 2.75) is 58.0 Å². The highest BCUT2D eigenvalue weighted by Gasteiger charge is 2.49. The first-order valence-electron chi connectivity index (χ1n) is 8.14. The van der Waals surface area contributed by atoms with Gasteiger partial charge in [0.15, 0.2) is 0 Å². The zero-order valence-corrected chi connectivity index (χ0v) is 13.2. The fourth-order valence-electron chi connectivity index (χ4n) is 3.96. The number of hydrogen-bond acceptors (Lipinski definition) is 2. The van der Waals surface area contributed by atoms with Gasteiger partial charge in [-0.25, -0.2) is 4.39 Å². The Morgan fingerprint density at radius 1 is 1.33 bits per heavy atom. The second-order valence-electron chi connectivity index (χ2n) is 6.77. The monoisotopic (exact) mass is 293 g/mol. The molecule has 0 amide bonds. The van der Waals surface area contributed by atoms with E-state index in [0.717, 1.165) is 31.6 Å². The summed E-state index contributed by atoms with van der Waals surface area (Å²) in [5, 5.41) is 11.1. The largest absolute Gasteiger partial charge is 0.385 e. The van der Waals surface area contributed by atoms with Crippen LogP contribution in [0.4, 0.5) is 4.39 Å². The van der Waals surface area contributed by atoms with Gasteiger partial charge in [0, 0.05) is 17.5 Å². The lowest BCUT2D eigenvalue weighted by molar-refractivity contribution is -0.100. The van der Waals surface area contributed by atoms with Crippen molar-refractivity contribution in [3.05, 3.63) is 35.6 Å². The summed E-state index contributed by atoms with van der Waals surface area (Å²) in [7, 11) is 0. The standard InChI is InChI=1S/C18H28FNO/c1-3-6-14-9-11-18(13-20,12-10-14)17(2,21)15-7-4-5-8-16(15)19/h4-5,7-8,14,21H,3,6,9-13,20H2,1-2H3. The lowest BCUT2D eigenvalue weighted by Crippen LogP contribution is -2.51. The van der Waals surface area contributed by atoms with Gasteiger partial charge in [-0.05, 0) is 44.6 Å². The summed E-state index contributed by atoms with van der Waals surface area (Å²) < 4.78 is 14.1. The Hall–Kier alpha value is -0.930. The molecule has 2 rings (SSSR count). The smallest absolute Gasteiger partial charge is 0.129 e. The molecule has 0 bridgehead atoms. The van der Waals surface area contributed by atoms with Crippen LogP contribution < -0.4 is 5.73 Å². The molecule has 2 nitrogen and oxygen atoms in total. The predicted molar refractivity (Wildman–Crippen MR) is 84.3 cm³/mol. The molecule has 3 heteroatoms. The van der Waals surface area contributed by atoms with Crippen molar-refractivity contribution >= 4 is 0 Å². The minimum atomic E-state index is -1.22. The van der Waals surface area contributed by atoms with Gasteiger partial charge in [0.2, 0.25) is 0 Å². The molecular weight excluding hydrogens is 265 g/mol. The van der Waals surface area contributed by atoms with E-state index in [2.05, 4.69) is 6.92 Å². The zero-order chi connectivity index (χ0) is 15.5. The Bertz CT molecular complexity index is 464. The lowest BCUT2D eigenvalue weighted by Gasteiger charge is -2.49. The van der Waals surface area contributed by atoms with Gasteiger partial charge in [-0.15, -0.1) is 0 Å². The highest BCUT2D eigenvalue weighted by Crippen LogP contribution is 2.51. The number of halogens is 1. The molecule has 0 saturated heterocycles. The Morgan fingerprint density at radius 2 is 1.95 bits per heavy atom. The van der Waals surface area contributed by atoms with Gasteiger partial charge in [-0.3, -0.25) is 0 Å². The SMILES string of the molecule is CCCC1CCC(CN)(C(C)(O)c2ccccc2F)CC1. The van der Waals surface area contributed by atoms with Crippen LogP contribution in [0.5, 0.6) is 0 Å². The van der Waals surface area contributed by atoms with Crippen LogP contribution in [0.15, 0.2) is 24.3 Å². The molecule has 1 aromatic carbocycles. The van der Waals surface area contributed by atoms with Gasteiger partial charge >= 0.3 is 0 Å². The lowest BCUT2D eigenvalue weighted by atomic mass is 9.59. The second-order valence-corrected chi connectivity index (χ2v) is 6.77. The van der Waals surface area contributed by atoms with Crippen molar-refractivity contribution < 1.29 is 9.50 Å². The minimum absolute atomic E-state index is 0.342. The summed E-state index contributed by atoms with van der Waals surface area (Å²) in [6.07, 6.45) is 6.34. The molecule has 0 aromatic heterocycles. The molecule has 0 aliphatic heterocycles. The Morgan fingerprint density at radius 3 is 2.48 bits per heavy atom. The van der Waals surface area contributed by atoms with Crippen LogP contribution in [-0.2, 0) is 5.60 Å². The van der Waals surface area contributed by atoms with E-state index in [9.17, 15) is 9.50 Å². The van der Waals surface area contributed by atoms with Crippen LogP contribution in [0.1, 0.15) is 57.9 Å². The van der Waals surface area contributed by atoms with E-state index >= 15 is 0 Å². The number of benzene rings is 1. The van der Waals surface area contributed by atoms with Crippen molar-refractivity contribution in [3.8, 4) is 0 Å². The number of rotatable bonds is 5. The molecule has 0 spiro atoms. The van der Waals surface area contributed by atoms with Crippen LogP contribution in [0.3, 0.4) is 0 Å². The summed E-state index contributed by atoms with van der Waals surface area (Å²) in [4.78, 5) is 0. The van der Waals surface area contributed by atoms with Crippen LogP contribution in [0.2, 0.25) is 0 Å². The molecule has 1 unspecified atom stereocenters. The summed E-state index contributed by atoms with van der Waals surface area (Å²) in [5.41, 5.74) is 4.79. The van der Waals surface area contributed by atoms with Gasteiger partial charge < -0.3 is 10.8 Å². The van der Waals surface area contributed by atoms with Crippen LogP contribution in [0.25, 0.3) is 0 Å². The van der Waals surface area contributed by atoms with Gasteiger partial charge in [-0.1, -0.05) is 38.0 Å². The Kier molecular flexibility index (Phi) is 5.05. The Labute approximate surface area is 127 Å². The van der Waals surface area contributed by atoms with E-state index in [1.807, 2.05) is 0 Å². The van der Waals surface area contributed by atoms with Gasteiger partial charge in [-0.2, -0.15) is 0 Å². The fourth-order valence-corrected chi connectivity index (χ4v) is 3.96. The van der Waals surface area contributed by atoms with E-state index in [1.54, 1.807) is 25.1 Å². The van der Waals surface area contributed by atoms with E-state index in [0.29, 0.717) is 12.1 Å². The van der Waals surface area contributed by atoms with E-state index in [1.165, 1.54) is 18.9 Å². The molecule has 1 atom stereocenters. The quantitative estimate of drug-likeness (QED) is 0.863. The molecule has 1 aromatic rings. The molecule has 1 saturated carbocycles. The second kappa shape index (κ2) is 6.45. The first-order valence-corrected chi connectivity index (χ1v) is 8.14. The highest BCUT2D eigenvalue weighted by molar-refractivity contribution is 5.27. The highest BCUT2D eigenvalue weighted by atomic mass is 19.1. The average Bonchev–Trinajstić information content (AvgIpc) is 2.48. The predicted octanol–water partition coefficient (Wildman–Crippen LogP) is 3.97. The fraction of sp³-hybridized carbons (Fsp3) is 0.667. The molecule has 1 fully saturated rings. The molecule has 1 aliphatic rings. The average molecular weight is 293 g/mol. The number of nitrogens with two attached hydrogens (primary N) is 1. The maximum Gasteiger partial charge on any atom is 0.129 e. The molecule has 0 heterocycles. The van der Waals surface area contributed by atoms with Crippen molar-refractivity contribution in [2.24, 2.45) is 17.1 Å². The minimum Gasteiger partial charge on any atom is -0.385 e. The Balaban J connectivity index is 2.26. The van der Waals surface area contributed by atoms with Gasteiger partial charge in [0.25, 0.3) is 0 Å². The van der Waals surface area contributed by atoms with Crippen molar-refractivity contribution in [1.82, 2.24) is 0 Å². The summed E-state index contributed by atoms with van der Waals surface area (Å²) in [6.45, 7) is 4.34. The van der Waals surface area contributed by atoms with E-state index < -0.39 is 11.0 Å². The molecule has 118 valence electrons. The number of aliphatic hydroxyl groups is 1. The first-order chi connectivity index (χ1) is 9.97. The first kappa shape index (κ1) is 16.4. The van der Waals surface area contributed by atoms with E-state index in [4.69, 9.17) is 5.73 Å². The number of hydrogen-bond donors (Lipinski definition) is 2. The van der Waals surface area contributed by atoms with E-state index in [-0.39, 0.29) is 5.82 Å². The molecule has 0 radical (unpaired) electrons. The third kappa shape index (κ3) is 3.00. The van der Waals surface area contributed by atoms with Crippen LogP contribution in [0, 0.1) is 17.2 Å². The summed E-state index contributed by atoms with van der Waals surface area (Å²) in [6, 6.07) is 6.53. The van der Waals surface area contributed by atoms with Crippen molar-refractivity contribution in [3.63, 3.8) is 0 Å². The topological polar surface area (TPSA) is 46.2 Å². The molecule has 3 N–H and O–H groups in total. The maximum atomic E-state index is 14.1. The van der Waals surface area contributed by atoms with Gasteiger partial charge in [0.1, 0.15) is 5.82 Å². The van der Waals surface area contributed by atoms with Crippen molar-refractivity contribution in [2.75, 3.05) is 6.54 Å². The van der Waals surface area contributed by atoms with Gasteiger partial charge in [0.05, 0.1) is 5.60 Å². The third-order valence-corrected chi connectivity index (χ3v) is 5.58. The molecular formula is C18H28FNO. The normalized spacial score (nSPS) is 29.1.